The molecule has 4 aliphatic carbocycles. The molecule has 272 valence electrons. The van der Waals surface area contributed by atoms with Crippen molar-refractivity contribution in [3.8, 4) is 0 Å². The van der Waals surface area contributed by atoms with Gasteiger partial charge in [-0.3, -0.25) is 24.0 Å². The molecule has 0 aromatic heterocycles. The third-order valence-corrected chi connectivity index (χ3v) is 13.8. The molecule has 2 amide bonds. The summed E-state index contributed by atoms with van der Waals surface area (Å²) < 4.78 is 0. The number of hydrogen-bond donors (Lipinski definition) is 8. The molecule has 0 aromatic carbocycles. The minimum Gasteiger partial charge on any atom is -0.480 e. The molecule has 0 spiro atoms. The fourth-order valence-electron chi connectivity index (χ4n) is 10.2. The molecular weight excluding hydrogens is 642 g/mol. The summed E-state index contributed by atoms with van der Waals surface area (Å²) in [7, 11) is 0. The molecule has 13 nitrogen and oxygen atoms in total. The van der Waals surface area contributed by atoms with Crippen molar-refractivity contribution in [2.45, 2.75) is 122 Å². The number of amides is 2. The number of carbonyl (C=O) groups excluding carboxylic acids is 3. The predicted molar refractivity (Wildman–Crippen MR) is 177 cm³/mol. The maximum atomic E-state index is 13.0. The molecule has 0 aromatic rings. The average Bonchev–Trinajstić information content (AvgIpc) is 3.39. The van der Waals surface area contributed by atoms with Gasteiger partial charge in [0, 0.05) is 18.6 Å². The van der Waals surface area contributed by atoms with E-state index in [1.807, 2.05) is 0 Å². The van der Waals surface area contributed by atoms with Gasteiger partial charge < -0.3 is 41.9 Å². The van der Waals surface area contributed by atoms with Gasteiger partial charge in [-0.25, -0.2) is 0 Å². The molecule has 0 unspecified atom stereocenters. The molecule has 48 heavy (non-hydrogen) atoms. The van der Waals surface area contributed by atoms with E-state index in [2.05, 4.69) is 31.4 Å². The number of hydrogen-bond acceptors (Lipinski definition) is 10. The summed E-state index contributed by atoms with van der Waals surface area (Å²) in [5.41, 5.74) is 5.32. The standard InChI is InChI=1S/C34H55N3O10S/c1-17(4-9-27(42)48-16-24(31(45)36-15-26(40)41)37-25(39)8-7-23(35)32(46)47)19-5-6-20-28-21(11-13-33(19,20)2)34(3)12-10-18(38)14-22(34)29(43)30(28)44/h17-24,28-30,38,43-44H,4-16,35H2,1-3H3,(H,36,45)(H,37,39)(H,40,41)(H,46,47)/t17-,18-,19-,20+,21+,22+,23+,24+,28+,29+,30+,33-,34-/m1/s1. The van der Waals surface area contributed by atoms with Crippen LogP contribution in [0.4, 0.5) is 0 Å². The highest BCUT2D eigenvalue weighted by Crippen LogP contribution is 2.68. The van der Waals surface area contributed by atoms with E-state index < -0.39 is 60.7 Å². The zero-order valence-corrected chi connectivity index (χ0v) is 29.1. The minimum absolute atomic E-state index is 0.00362. The monoisotopic (exact) mass is 697 g/mol. The predicted octanol–water partition coefficient (Wildman–Crippen LogP) is 1.50. The number of aliphatic hydroxyl groups excluding tert-OH is 3. The largest absolute Gasteiger partial charge is 0.480 e. The lowest BCUT2D eigenvalue weighted by Gasteiger charge is -2.63. The van der Waals surface area contributed by atoms with Crippen LogP contribution in [0, 0.1) is 46.3 Å². The molecule has 4 aliphatic rings. The Hall–Kier alpha value is -2.26. The van der Waals surface area contributed by atoms with Crippen LogP contribution in [0.5, 0.6) is 0 Å². The smallest absolute Gasteiger partial charge is 0.322 e. The van der Waals surface area contributed by atoms with E-state index >= 15 is 0 Å². The zero-order chi connectivity index (χ0) is 35.6. The van der Waals surface area contributed by atoms with Crippen molar-refractivity contribution >= 4 is 40.6 Å². The SMILES string of the molecule is C[C@H](CCC(=O)SC[C@H](NC(=O)CC[C@H](N)C(=O)O)C(=O)NCC(=O)O)[C@H]1CC[C@H]2[C@@H]3[C@H](O)[C@@H](O)[C@@H]4C[C@H](O)CC[C@]4(C)[C@H]3CC[C@]12C. The van der Waals surface area contributed by atoms with Crippen LogP contribution in [0.1, 0.15) is 91.4 Å². The summed E-state index contributed by atoms with van der Waals surface area (Å²) in [4.78, 5) is 60.0. The Morgan fingerprint density at radius 1 is 0.875 bits per heavy atom. The molecule has 0 saturated heterocycles. The maximum absolute atomic E-state index is 13.0. The van der Waals surface area contributed by atoms with Gasteiger partial charge in [0.2, 0.25) is 11.8 Å². The van der Waals surface area contributed by atoms with E-state index in [1.54, 1.807) is 0 Å². The van der Waals surface area contributed by atoms with Gasteiger partial charge in [0.15, 0.2) is 5.12 Å². The van der Waals surface area contributed by atoms with E-state index in [4.69, 9.17) is 15.9 Å². The van der Waals surface area contributed by atoms with Crippen LogP contribution in [0.2, 0.25) is 0 Å². The highest BCUT2D eigenvalue weighted by Gasteiger charge is 2.65. The first kappa shape index (κ1) is 38.5. The fourth-order valence-corrected chi connectivity index (χ4v) is 11.0. The van der Waals surface area contributed by atoms with E-state index in [0.717, 1.165) is 50.3 Å². The molecule has 4 rings (SSSR count). The summed E-state index contributed by atoms with van der Waals surface area (Å²) in [6.07, 6.45) is 4.46. The number of carboxylic acids is 2. The van der Waals surface area contributed by atoms with Gasteiger partial charge in [-0.1, -0.05) is 32.5 Å². The van der Waals surface area contributed by atoms with Gasteiger partial charge in [0.25, 0.3) is 0 Å². The first-order chi connectivity index (χ1) is 22.5. The Morgan fingerprint density at radius 2 is 1.54 bits per heavy atom. The summed E-state index contributed by atoms with van der Waals surface area (Å²) >= 11 is 0.891. The second-order valence-electron chi connectivity index (χ2n) is 15.5. The third-order valence-electron chi connectivity index (χ3n) is 12.8. The van der Waals surface area contributed by atoms with Gasteiger partial charge in [0.1, 0.15) is 18.6 Å². The van der Waals surface area contributed by atoms with E-state index in [1.165, 1.54) is 0 Å². The lowest BCUT2D eigenvalue weighted by atomic mass is 9.43. The van der Waals surface area contributed by atoms with Crippen molar-refractivity contribution in [3.63, 3.8) is 0 Å². The summed E-state index contributed by atoms with van der Waals surface area (Å²) in [6, 6.07) is -2.44. The van der Waals surface area contributed by atoms with Crippen molar-refractivity contribution in [1.29, 1.82) is 0 Å². The van der Waals surface area contributed by atoms with E-state index in [-0.39, 0.29) is 64.6 Å². The van der Waals surface area contributed by atoms with Crippen LogP contribution in [-0.4, -0.2) is 97.1 Å². The number of carbonyl (C=O) groups is 5. The highest BCUT2D eigenvalue weighted by atomic mass is 32.2. The Bertz CT molecular complexity index is 1220. The normalized spacial score (nSPS) is 37.6. The average molecular weight is 698 g/mol. The first-order valence-electron chi connectivity index (χ1n) is 17.5. The Morgan fingerprint density at radius 3 is 2.21 bits per heavy atom. The van der Waals surface area contributed by atoms with Crippen molar-refractivity contribution in [3.05, 3.63) is 0 Å². The van der Waals surface area contributed by atoms with Gasteiger partial charge >= 0.3 is 11.9 Å². The van der Waals surface area contributed by atoms with Crippen LogP contribution in [0.15, 0.2) is 0 Å². The van der Waals surface area contributed by atoms with Crippen LogP contribution < -0.4 is 16.4 Å². The highest BCUT2D eigenvalue weighted by molar-refractivity contribution is 8.13. The number of aliphatic hydroxyl groups is 3. The molecule has 0 aliphatic heterocycles. The quantitative estimate of drug-likeness (QED) is 0.129. The molecule has 14 heteroatoms. The number of nitrogens with two attached hydrogens (primary N) is 1. The third kappa shape index (κ3) is 8.20. The molecular formula is C34H55N3O10S. The number of nitrogens with one attached hydrogen (secondary N) is 2. The number of thioether (sulfide) groups is 1. The molecule has 13 atom stereocenters. The first-order valence-corrected chi connectivity index (χ1v) is 18.4. The number of fused-ring (bicyclic) bond motifs is 5. The second-order valence-corrected chi connectivity index (χ2v) is 16.5. The van der Waals surface area contributed by atoms with Crippen molar-refractivity contribution in [2.24, 2.45) is 52.1 Å². The van der Waals surface area contributed by atoms with Crippen molar-refractivity contribution in [2.75, 3.05) is 12.3 Å². The minimum atomic E-state index is -1.27. The van der Waals surface area contributed by atoms with Crippen molar-refractivity contribution in [1.82, 2.24) is 10.6 Å². The molecule has 9 N–H and O–H groups in total. The van der Waals surface area contributed by atoms with E-state index in [0.29, 0.717) is 24.7 Å². The van der Waals surface area contributed by atoms with Crippen LogP contribution in [0.25, 0.3) is 0 Å². The molecule has 0 heterocycles. The topological polar surface area (TPSA) is 237 Å². The molecule has 4 saturated carbocycles. The van der Waals surface area contributed by atoms with Gasteiger partial charge in [0.05, 0.1) is 18.3 Å². The lowest BCUT2D eigenvalue weighted by Crippen LogP contribution is -2.64. The number of rotatable bonds is 14. The zero-order valence-electron chi connectivity index (χ0n) is 28.3. The molecule has 4 fully saturated rings. The van der Waals surface area contributed by atoms with Gasteiger partial charge in [-0.15, -0.1) is 0 Å². The van der Waals surface area contributed by atoms with Gasteiger partial charge in [-0.05, 0) is 104 Å². The summed E-state index contributed by atoms with van der Waals surface area (Å²) in [5.74, 6) is -3.02. The Labute approximate surface area is 286 Å². The summed E-state index contributed by atoms with van der Waals surface area (Å²) in [6.45, 7) is 6.09. The van der Waals surface area contributed by atoms with Gasteiger partial charge in [-0.2, -0.15) is 0 Å². The lowest BCUT2D eigenvalue weighted by molar-refractivity contribution is -0.223. The number of carboxylic acid groups (broad SMARTS) is 2. The Kier molecular flexibility index (Phi) is 12.6. The molecule has 0 bridgehead atoms. The van der Waals surface area contributed by atoms with Crippen LogP contribution in [-0.2, 0) is 24.0 Å². The Balaban J connectivity index is 1.33. The molecule has 0 radical (unpaired) electrons. The second kappa shape index (κ2) is 15.7. The van der Waals surface area contributed by atoms with Crippen LogP contribution >= 0.6 is 11.8 Å². The maximum Gasteiger partial charge on any atom is 0.322 e. The van der Waals surface area contributed by atoms with Crippen LogP contribution in [0.3, 0.4) is 0 Å². The number of aliphatic carboxylic acids is 2. The fraction of sp³-hybridized carbons (Fsp3) is 0.853. The van der Waals surface area contributed by atoms with Crippen molar-refractivity contribution < 1.29 is 49.5 Å². The summed E-state index contributed by atoms with van der Waals surface area (Å²) in [5, 5.41) is 55.6. The van der Waals surface area contributed by atoms with E-state index in [9.17, 15) is 39.3 Å².